The Morgan fingerprint density at radius 3 is 2.24 bits per heavy atom. The summed E-state index contributed by atoms with van der Waals surface area (Å²) in [4.78, 5) is 21.3. The number of pyridine rings is 1. The maximum atomic E-state index is 13.3. The zero-order valence-electron chi connectivity index (χ0n) is 18.9. The fraction of sp³-hybridized carbons (Fsp3) is 0.250. The standard InChI is InChI=1S/C24H26N4O5S/c1-32-20-9-5-18(6-10-20)13-15-27-23(19-7-11-21(33-2)12-8-19)17-28(24(27)29)26-34(30,31)22-4-3-14-25-16-22/h3-12,14,16,23,26H,13,15,17H2,1-2H3. The van der Waals surface area contributed by atoms with Crippen molar-refractivity contribution in [3.8, 4) is 11.5 Å². The summed E-state index contributed by atoms with van der Waals surface area (Å²) in [5, 5.41) is 1.14. The topological polar surface area (TPSA) is 101 Å². The molecule has 0 radical (unpaired) electrons. The van der Waals surface area contributed by atoms with Crippen LogP contribution in [-0.4, -0.2) is 56.7 Å². The van der Waals surface area contributed by atoms with Crippen molar-refractivity contribution in [2.75, 3.05) is 27.3 Å². The first kappa shape index (κ1) is 23.5. The van der Waals surface area contributed by atoms with Crippen molar-refractivity contribution in [1.29, 1.82) is 0 Å². The van der Waals surface area contributed by atoms with Gasteiger partial charge in [-0.15, -0.1) is 4.83 Å². The number of carbonyl (C=O) groups is 1. The lowest BCUT2D eigenvalue weighted by molar-refractivity contribution is 0.182. The van der Waals surface area contributed by atoms with Gasteiger partial charge in [0.15, 0.2) is 0 Å². The second-order valence-corrected chi connectivity index (χ2v) is 9.42. The molecule has 2 amide bonds. The quantitative estimate of drug-likeness (QED) is 0.503. The van der Waals surface area contributed by atoms with Gasteiger partial charge in [-0.3, -0.25) is 4.98 Å². The molecule has 0 aliphatic carbocycles. The first-order valence-electron chi connectivity index (χ1n) is 10.7. The number of aromatic nitrogens is 1. The number of hydrogen-bond donors (Lipinski definition) is 1. The highest BCUT2D eigenvalue weighted by Gasteiger charge is 2.40. The zero-order chi connectivity index (χ0) is 24.1. The lowest BCUT2D eigenvalue weighted by atomic mass is 10.1. The third kappa shape index (κ3) is 5.13. The summed E-state index contributed by atoms with van der Waals surface area (Å²) in [6.45, 7) is 0.570. The number of methoxy groups -OCH3 is 2. The average Bonchev–Trinajstić information content (AvgIpc) is 3.18. The van der Waals surface area contributed by atoms with Crippen LogP contribution in [-0.2, 0) is 16.4 Å². The molecule has 0 bridgehead atoms. The number of amides is 2. The molecule has 4 rings (SSSR count). The van der Waals surface area contributed by atoms with Crippen LogP contribution in [0.15, 0.2) is 78.0 Å². The summed E-state index contributed by atoms with van der Waals surface area (Å²) in [7, 11) is -0.762. The van der Waals surface area contributed by atoms with Gasteiger partial charge in [0.05, 0.1) is 26.8 Å². The summed E-state index contributed by atoms with van der Waals surface area (Å²) in [6.07, 6.45) is 3.33. The first-order chi connectivity index (χ1) is 16.4. The van der Waals surface area contributed by atoms with Crippen molar-refractivity contribution in [2.45, 2.75) is 17.4 Å². The lowest BCUT2D eigenvalue weighted by Gasteiger charge is -2.23. The summed E-state index contributed by atoms with van der Waals surface area (Å²) in [5.74, 6) is 1.46. The SMILES string of the molecule is COc1ccc(CCN2C(=O)N(NS(=O)(=O)c3cccnc3)CC2c2ccc(OC)cc2)cc1. The lowest BCUT2D eigenvalue weighted by Crippen LogP contribution is -2.45. The molecule has 0 spiro atoms. The van der Waals surface area contributed by atoms with Crippen molar-refractivity contribution >= 4 is 16.1 Å². The number of hydrazine groups is 1. The molecular weight excluding hydrogens is 456 g/mol. The van der Waals surface area contributed by atoms with E-state index in [0.29, 0.717) is 18.7 Å². The van der Waals surface area contributed by atoms with E-state index >= 15 is 0 Å². The molecule has 1 atom stereocenters. The minimum atomic E-state index is -3.96. The molecule has 3 aromatic rings. The molecule has 1 saturated heterocycles. The smallest absolute Gasteiger partial charge is 0.335 e. The predicted octanol–water partition coefficient (Wildman–Crippen LogP) is 3.01. The number of nitrogens with one attached hydrogen (secondary N) is 1. The fourth-order valence-corrected chi connectivity index (χ4v) is 4.83. The number of benzene rings is 2. The van der Waals surface area contributed by atoms with Gasteiger partial charge >= 0.3 is 6.03 Å². The molecule has 2 aromatic carbocycles. The van der Waals surface area contributed by atoms with Gasteiger partial charge in [0.25, 0.3) is 10.0 Å². The van der Waals surface area contributed by atoms with Gasteiger partial charge in [-0.25, -0.2) is 18.2 Å². The summed E-state index contributed by atoms with van der Waals surface area (Å²) < 4.78 is 36.1. The molecule has 9 nitrogen and oxygen atoms in total. The predicted molar refractivity (Wildman–Crippen MR) is 126 cm³/mol. The molecule has 1 aliphatic rings. The van der Waals surface area contributed by atoms with Gasteiger partial charge in [-0.2, -0.15) is 0 Å². The normalized spacial score (nSPS) is 16.1. The Labute approximate surface area is 199 Å². The number of carbonyl (C=O) groups excluding carboxylic acids is 1. The largest absolute Gasteiger partial charge is 0.497 e. The molecule has 1 aromatic heterocycles. The highest BCUT2D eigenvalue weighted by molar-refractivity contribution is 7.89. The van der Waals surface area contributed by atoms with E-state index in [2.05, 4.69) is 9.82 Å². The van der Waals surface area contributed by atoms with Crippen LogP contribution >= 0.6 is 0 Å². The molecule has 1 aliphatic heterocycles. The van der Waals surface area contributed by atoms with Crippen LogP contribution in [0.5, 0.6) is 11.5 Å². The van der Waals surface area contributed by atoms with Crippen LogP contribution in [0.25, 0.3) is 0 Å². The Bertz CT molecular complexity index is 1220. The van der Waals surface area contributed by atoms with Crippen molar-refractivity contribution in [3.05, 3.63) is 84.2 Å². The number of hydrogen-bond acceptors (Lipinski definition) is 6. The fourth-order valence-electron chi connectivity index (χ4n) is 3.82. The monoisotopic (exact) mass is 482 g/mol. The van der Waals surface area contributed by atoms with Gasteiger partial charge in [-0.1, -0.05) is 24.3 Å². The van der Waals surface area contributed by atoms with E-state index in [0.717, 1.165) is 21.9 Å². The van der Waals surface area contributed by atoms with Gasteiger partial charge in [0.2, 0.25) is 0 Å². The van der Waals surface area contributed by atoms with Crippen LogP contribution in [0, 0.1) is 0 Å². The Kier molecular flexibility index (Phi) is 6.99. The van der Waals surface area contributed by atoms with Crippen LogP contribution in [0.4, 0.5) is 4.79 Å². The number of nitrogens with zero attached hydrogens (tertiary/aromatic N) is 3. The van der Waals surface area contributed by atoms with E-state index in [4.69, 9.17) is 9.47 Å². The third-order valence-corrected chi connectivity index (χ3v) is 7.01. The molecule has 2 heterocycles. The minimum Gasteiger partial charge on any atom is -0.497 e. The Balaban J connectivity index is 1.56. The molecule has 1 N–H and O–H groups in total. The molecule has 1 unspecified atom stereocenters. The van der Waals surface area contributed by atoms with E-state index in [1.54, 1.807) is 19.1 Å². The van der Waals surface area contributed by atoms with Gasteiger partial charge < -0.3 is 14.4 Å². The second-order valence-electron chi connectivity index (χ2n) is 7.76. The number of sulfonamides is 1. The van der Waals surface area contributed by atoms with E-state index in [1.165, 1.54) is 24.5 Å². The molecule has 1 fully saturated rings. The molecule has 178 valence electrons. The van der Waals surface area contributed by atoms with Crippen LogP contribution in [0.2, 0.25) is 0 Å². The molecule has 0 saturated carbocycles. The Morgan fingerprint density at radius 1 is 1.00 bits per heavy atom. The van der Waals surface area contributed by atoms with E-state index in [-0.39, 0.29) is 17.5 Å². The Hall–Kier alpha value is -3.63. The van der Waals surface area contributed by atoms with Gasteiger partial charge in [-0.05, 0) is 53.9 Å². The Morgan fingerprint density at radius 2 is 1.65 bits per heavy atom. The van der Waals surface area contributed by atoms with Crippen LogP contribution in [0.3, 0.4) is 0 Å². The summed E-state index contributed by atoms with van der Waals surface area (Å²) in [5.41, 5.74) is 1.92. The van der Waals surface area contributed by atoms with E-state index in [9.17, 15) is 13.2 Å². The van der Waals surface area contributed by atoms with Crippen molar-refractivity contribution in [2.24, 2.45) is 0 Å². The van der Waals surface area contributed by atoms with Gasteiger partial charge in [0, 0.05) is 18.9 Å². The summed E-state index contributed by atoms with van der Waals surface area (Å²) >= 11 is 0. The third-order valence-electron chi connectivity index (χ3n) is 5.68. The minimum absolute atomic E-state index is 0.0134. The van der Waals surface area contributed by atoms with Crippen molar-refractivity contribution in [1.82, 2.24) is 19.7 Å². The summed E-state index contributed by atoms with van der Waals surface area (Å²) in [6, 6.07) is 17.3. The maximum absolute atomic E-state index is 13.3. The zero-order valence-corrected chi connectivity index (χ0v) is 19.7. The average molecular weight is 483 g/mol. The van der Waals surface area contributed by atoms with E-state index < -0.39 is 16.1 Å². The second kappa shape index (κ2) is 10.1. The van der Waals surface area contributed by atoms with Gasteiger partial charge in [0.1, 0.15) is 16.4 Å². The first-order valence-corrected chi connectivity index (χ1v) is 12.2. The molecule has 10 heteroatoms. The number of rotatable bonds is 9. The highest BCUT2D eigenvalue weighted by atomic mass is 32.2. The highest BCUT2D eigenvalue weighted by Crippen LogP contribution is 2.30. The number of urea groups is 1. The van der Waals surface area contributed by atoms with Crippen LogP contribution in [0.1, 0.15) is 17.2 Å². The number of ether oxygens (including phenoxy) is 2. The molecule has 34 heavy (non-hydrogen) atoms. The maximum Gasteiger partial charge on any atom is 0.335 e. The van der Waals surface area contributed by atoms with E-state index in [1.807, 2.05) is 48.5 Å². The van der Waals surface area contributed by atoms with Crippen molar-refractivity contribution < 1.29 is 22.7 Å². The van der Waals surface area contributed by atoms with Crippen LogP contribution < -0.4 is 14.3 Å². The molecular formula is C24H26N4O5S. The van der Waals surface area contributed by atoms with Crippen molar-refractivity contribution in [3.63, 3.8) is 0 Å².